The molecule has 106 valence electrons. The molecule has 4 rings (SSSR count). The second-order valence-corrected chi connectivity index (χ2v) is 5.04. The molecule has 21 heavy (non-hydrogen) atoms. The Morgan fingerprint density at radius 3 is 3.05 bits per heavy atom. The molecule has 0 spiro atoms. The number of hydrogen-bond donors (Lipinski definition) is 2. The molecule has 0 amide bonds. The molecule has 0 fully saturated rings. The molecule has 1 aliphatic rings. The predicted molar refractivity (Wildman–Crippen MR) is 83.5 cm³/mol. The fourth-order valence-corrected chi connectivity index (χ4v) is 2.65. The third kappa shape index (κ3) is 1.99. The first-order valence-electron chi connectivity index (χ1n) is 7.15. The summed E-state index contributed by atoms with van der Waals surface area (Å²) >= 11 is 0. The average Bonchev–Trinajstić information content (AvgIpc) is 3.01. The quantitative estimate of drug-likeness (QED) is 0.753. The van der Waals surface area contributed by atoms with Crippen molar-refractivity contribution in [3.05, 3.63) is 30.6 Å². The van der Waals surface area contributed by atoms with E-state index in [0.717, 1.165) is 53.7 Å². The molecule has 0 bridgehead atoms. The topological polar surface area (TPSA) is 69.7 Å². The number of nitrogens with zero attached hydrogens (tertiary/aromatic N) is 4. The van der Waals surface area contributed by atoms with Crippen LogP contribution in [0.2, 0.25) is 0 Å². The number of likely N-dealkylation sites (N-methyl/N-ethyl adjacent to an activating group) is 1. The van der Waals surface area contributed by atoms with E-state index in [4.69, 9.17) is 4.98 Å². The average molecular weight is 280 g/mol. The first-order chi connectivity index (χ1) is 10.3. The summed E-state index contributed by atoms with van der Waals surface area (Å²) in [5.41, 5.74) is 3.62. The summed E-state index contributed by atoms with van der Waals surface area (Å²) in [6, 6.07) is 5.96. The highest BCUT2D eigenvalue weighted by atomic mass is 15.3. The lowest BCUT2D eigenvalue weighted by Gasteiger charge is -2.29. The normalized spacial score (nSPS) is 14.0. The Bertz CT molecular complexity index is 794. The van der Waals surface area contributed by atoms with Gasteiger partial charge in [-0.2, -0.15) is 0 Å². The van der Waals surface area contributed by atoms with Crippen LogP contribution in [0.15, 0.2) is 30.6 Å². The number of hydrogen-bond acceptors (Lipinski definition) is 5. The van der Waals surface area contributed by atoms with E-state index < -0.39 is 0 Å². The Kier molecular flexibility index (Phi) is 2.73. The van der Waals surface area contributed by atoms with Crippen LogP contribution in [0.1, 0.15) is 6.92 Å². The Labute approximate surface area is 122 Å². The summed E-state index contributed by atoms with van der Waals surface area (Å²) < 4.78 is 0. The van der Waals surface area contributed by atoms with E-state index in [1.807, 2.05) is 24.4 Å². The fraction of sp³-hybridized carbons (Fsp3) is 0.267. The van der Waals surface area contributed by atoms with E-state index in [1.54, 1.807) is 6.20 Å². The zero-order chi connectivity index (χ0) is 14.2. The number of anilines is 2. The van der Waals surface area contributed by atoms with E-state index in [2.05, 4.69) is 32.1 Å². The molecule has 4 heterocycles. The van der Waals surface area contributed by atoms with Crippen molar-refractivity contribution < 1.29 is 0 Å². The van der Waals surface area contributed by atoms with E-state index in [-0.39, 0.29) is 0 Å². The first kappa shape index (κ1) is 12.1. The van der Waals surface area contributed by atoms with Crippen molar-refractivity contribution in [2.45, 2.75) is 6.92 Å². The first-order valence-corrected chi connectivity index (χ1v) is 7.15. The van der Waals surface area contributed by atoms with Crippen molar-refractivity contribution in [1.82, 2.24) is 19.9 Å². The molecule has 0 radical (unpaired) electrons. The van der Waals surface area contributed by atoms with Gasteiger partial charge in [-0.05, 0) is 25.1 Å². The molecule has 0 aromatic carbocycles. The predicted octanol–water partition coefficient (Wildman–Crippen LogP) is 2.27. The van der Waals surface area contributed by atoms with Gasteiger partial charge < -0.3 is 15.2 Å². The van der Waals surface area contributed by atoms with Crippen molar-refractivity contribution in [3.63, 3.8) is 0 Å². The molecule has 0 atom stereocenters. The molecule has 0 saturated carbocycles. The molecule has 6 nitrogen and oxygen atoms in total. The summed E-state index contributed by atoms with van der Waals surface area (Å²) in [5.74, 6) is 1.77. The van der Waals surface area contributed by atoms with Crippen LogP contribution in [-0.2, 0) is 0 Å². The number of pyridine rings is 1. The van der Waals surface area contributed by atoms with Crippen molar-refractivity contribution in [1.29, 1.82) is 0 Å². The summed E-state index contributed by atoms with van der Waals surface area (Å²) in [6.45, 7) is 4.92. The fourth-order valence-electron chi connectivity index (χ4n) is 2.65. The maximum Gasteiger partial charge on any atom is 0.172 e. The zero-order valence-corrected chi connectivity index (χ0v) is 11.8. The van der Waals surface area contributed by atoms with E-state index in [0.29, 0.717) is 0 Å². The number of nitrogens with one attached hydrogen (secondary N) is 2. The van der Waals surface area contributed by atoms with Gasteiger partial charge in [-0.25, -0.2) is 15.0 Å². The maximum atomic E-state index is 4.76. The Balaban J connectivity index is 1.81. The minimum Gasteiger partial charge on any atom is -0.365 e. The maximum absolute atomic E-state index is 4.76. The van der Waals surface area contributed by atoms with Gasteiger partial charge in [0.25, 0.3) is 0 Å². The Hall–Kier alpha value is -2.63. The van der Waals surface area contributed by atoms with Gasteiger partial charge in [-0.1, -0.05) is 0 Å². The van der Waals surface area contributed by atoms with Crippen LogP contribution in [0.3, 0.4) is 0 Å². The number of H-pyrrole nitrogens is 1. The van der Waals surface area contributed by atoms with Crippen LogP contribution in [0.4, 0.5) is 11.6 Å². The summed E-state index contributed by atoms with van der Waals surface area (Å²) in [5, 5.41) is 3.29. The zero-order valence-electron chi connectivity index (χ0n) is 11.8. The van der Waals surface area contributed by atoms with Crippen LogP contribution >= 0.6 is 0 Å². The minimum absolute atomic E-state index is 0.805. The van der Waals surface area contributed by atoms with Gasteiger partial charge in [0.1, 0.15) is 5.69 Å². The van der Waals surface area contributed by atoms with Gasteiger partial charge in [0.15, 0.2) is 11.6 Å². The molecule has 0 unspecified atom stereocenters. The molecule has 1 aliphatic heterocycles. The van der Waals surface area contributed by atoms with Gasteiger partial charge in [-0.3, -0.25) is 0 Å². The largest absolute Gasteiger partial charge is 0.365 e. The number of aromatic nitrogens is 4. The van der Waals surface area contributed by atoms with Crippen LogP contribution < -0.4 is 10.2 Å². The van der Waals surface area contributed by atoms with Crippen LogP contribution in [-0.4, -0.2) is 39.6 Å². The van der Waals surface area contributed by atoms with E-state index in [9.17, 15) is 0 Å². The Morgan fingerprint density at radius 2 is 2.14 bits per heavy atom. The lowest BCUT2D eigenvalue weighted by Crippen LogP contribution is -2.35. The molecule has 0 saturated heterocycles. The standard InChI is InChI=1S/C15H16N6/c1-2-21-8-7-17-14-15(21)20-13(9-18-14)11-4-3-10-12(19-11)5-6-16-10/h3-6,9,16H,2,7-8H2,1H3,(H,17,18). The Morgan fingerprint density at radius 1 is 1.19 bits per heavy atom. The molecule has 3 aromatic rings. The lowest BCUT2D eigenvalue weighted by atomic mass is 10.2. The van der Waals surface area contributed by atoms with Crippen molar-refractivity contribution >= 4 is 22.7 Å². The highest BCUT2D eigenvalue weighted by Crippen LogP contribution is 2.27. The monoisotopic (exact) mass is 280 g/mol. The second kappa shape index (κ2) is 4.73. The summed E-state index contributed by atoms with van der Waals surface area (Å²) in [4.78, 5) is 19.3. The molecule has 6 heteroatoms. The van der Waals surface area contributed by atoms with Gasteiger partial charge >= 0.3 is 0 Å². The summed E-state index contributed by atoms with van der Waals surface area (Å²) in [7, 11) is 0. The van der Waals surface area contributed by atoms with Crippen molar-refractivity contribution in [2.24, 2.45) is 0 Å². The van der Waals surface area contributed by atoms with Crippen molar-refractivity contribution in [2.75, 3.05) is 29.9 Å². The van der Waals surface area contributed by atoms with Gasteiger partial charge in [0.05, 0.1) is 22.9 Å². The van der Waals surface area contributed by atoms with E-state index >= 15 is 0 Å². The van der Waals surface area contributed by atoms with Crippen LogP contribution in [0.25, 0.3) is 22.4 Å². The van der Waals surface area contributed by atoms with Gasteiger partial charge in [0, 0.05) is 25.8 Å². The third-order valence-corrected chi connectivity index (χ3v) is 3.78. The van der Waals surface area contributed by atoms with Crippen LogP contribution in [0.5, 0.6) is 0 Å². The van der Waals surface area contributed by atoms with Gasteiger partial charge in [0.2, 0.25) is 0 Å². The van der Waals surface area contributed by atoms with E-state index in [1.165, 1.54) is 0 Å². The van der Waals surface area contributed by atoms with Gasteiger partial charge in [-0.15, -0.1) is 0 Å². The third-order valence-electron chi connectivity index (χ3n) is 3.78. The highest BCUT2D eigenvalue weighted by molar-refractivity contribution is 5.78. The van der Waals surface area contributed by atoms with Crippen molar-refractivity contribution in [3.8, 4) is 11.4 Å². The number of aromatic amines is 1. The van der Waals surface area contributed by atoms with Crippen LogP contribution in [0, 0.1) is 0 Å². The smallest absolute Gasteiger partial charge is 0.172 e. The lowest BCUT2D eigenvalue weighted by molar-refractivity contribution is 0.788. The highest BCUT2D eigenvalue weighted by Gasteiger charge is 2.19. The molecule has 2 N–H and O–H groups in total. The molecular formula is C15H16N6. The number of rotatable bonds is 2. The minimum atomic E-state index is 0.805. The molecular weight excluding hydrogens is 264 g/mol. The molecule has 3 aromatic heterocycles. The second-order valence-electron chi connectivity index (χ2n) is 5.04. The molecule has 0 aliphatic carbocycles. The SMILES string of the molecule is CCN1CCNc2ncc(-c3ccc4[nH]ccc4n3)nc21. The summed E-state index contributed by atoms with van der Waals surface area (Å²) in [6.07, 6.45) is 3.68. The number of fused-ring (bicyclic) bond motifs is 2.